The number of carboxylic acid groups (broad SMARTS) is 1. The molecule has 3 nitrogen and oxygen atoms in total. The fourth-order valence-corrected chi connectivity index (χ4v) is 2.46. The number of hydrogen-bond donors (Lipinski definition) is 1. The van der Waals surface area contributed by atoms with E-state index in [-0.39, 0.29) is 6.42 Å². The van der Waals surface area contributed by atoms with Gasteiger partial charge in [0.1, 0.15) is 12.4 Å². The molecule has 0 unspecified atom stereocenters. The van der Waals surface area contributed by atoms with Gasteiger partial charge in [-0.2, -0.15) is 0 Å². The zero-order chi connectivity index (χ0) is 14.1. The maximum Gasteiger partial charge on any atom is 0.307 e. The second-order valence-electron chi connectivity index (χ2n) is 4.83. The Hall–Kier alpha value is -2.55. The van der Waals surface area contributed by atoms with E-state index in [1.807, 2.05) is 36.4 Å². The van der Waals surface area contributed by atoms with Gasteiger partial charge in [0.15, 0.2) is 0 Å². The Morgan fingerprint density at radius 3 is 2.80 bits per heavy atom. The zero-order valence-corrected chi connectivity index (χ0v) is 10.9. The molecule has 0 aliphatic carbocycles. The van der Waals surface area contributed by atoms with Crippen LogP contribution < -0.4 is 4.74 Å². The summed E-state index contributed by atoms with van der Waals surface area (Å²) in [4.78, 5) is 10.8. The monoisotopic (exact) mass is 266 g/mol. The van der Waals surface area contributed by atoms with Crippen molar-refractivity contribution in [1.82, 2.24) is 0 Å². The van der Waals surface area contributed by atoms with Gasteiger partial charge in [0.2, 0.25) is 0 Å². The number of ether oxygens (including phenoxy) is 1. The van der Waals surface area contributed by atoms with Gasteiger partial charge in [-0.3, -0.25) is 4.79 Å². The standard InChI is InChI=1S/C17H14O3/c1-11-14-5-3-2-4-13(14)10-20-16-7-6-12(8-15(11)16)9-17(18)19/h2-8H,1,9-10H2,(H,18,19). The summed E-state index contributed by atoms with van der Waals surface area (Å²) in [6, 6.07) is 13.4. The van der Waals surface area contributed by atoms with Crippen LogP contribution in [0.3, 0.4) is 0 Å². The summed E-state index contributed by atoms with van der Waals surface area (Å²) in [6.07, 6.45) is 0.00219. The average Bonchev–Trinajstić information content (AvgIpc) is 2.57. The first-order valence-electron chi connectivity index (χ1n) is 6.40. The topological polar surface area (TPSA) is 46.5 Å². The molecule has 0 spiro atoms. The molecule has 0 amide bonds. The number of benzene rings is 2. The molecule has 1 aliphatic rings. The molecule has 2 aromatic rings. The Kier molecular flexibility index (Phi) is 3.03. The molecule has 0 fully saturated rings. The smallest absolute Gasteiger partial charge is 0.307 e. The Balaban J connectivity index is 2.08. The molecule has 0 saturated carbocycles. The molecule has 0 saturated heterocycles. The van der Waals surface area contributed by atoms with Crippen molar-refractivity contribution in [2.24, 2.45) is 0 Å². The van der Waals surface area contributed by atoms with Gasteiger partial charge in [-0.25, -0.2) is 0 Å². The van der Waals surface area contributed by atoms with Crippen LogP contribution >= 0.6 is 0 Å². The van der Waals surface area contributed by atoms with Crippen LogP contribution in [0.25, 0.3) is 5.57 Å². The minimum atomic E-state index is -0.842. The van der Waals surface area contributed by atoms with Crippen molar-refractivity contribution in [3.05, 3.63) is 71.3 Å². The van der Waals surface area contributed by atoms with Crippen molar-refractivity contribution in [2.45, 2.75) is 13.0 Å². The average molecular weight is 266 g/mol. The summed E-state index contributed by atoms with van der Waals surface area (Å²) in [5.41, 5.74) is 4.64. The van der Waals surface area contributed by atoms with E-state index in [0.717, 1.165) is 33.6 Å². The number of hydrogen-bond acceptors (Lipinski definition) is 2. The van der Waals surface area contributed by atoms with Crippen LogP contribution in [-0.4, -0.2) is 11.1 Å². The second kappa shape index (κ2) is 4.85. The van der Waals surface area contributed by atoms with Crippen LogP contribution in [0, 0.1) is 0 Å². The highest BCUT2D eigenvalue weighted by atomic mass is 16.5. The van der Waals surface area contributed by atoms with Gasteiger partial charge in [0.25, 0.3) is 0 Å². The quantitative estimate of drug-likeness (QED) is 0.907. The highest BCUT2D eigenvalue weighted by Gasteiger charge is 2.18. The summed E-state index contributed by atoms with van der Waals surface area (Å²) < 4.78 is 5.80. The molecular weight excluding hydrogens is 252 g/mol. The van der Waals surface area contributed by atoms with E-state index in [0.29, 0.717) is 6.61 Å². The molecule has 3 heteroatoms. The van der Waals surface area contributed by atoms with Crippen molar-refractivity contribution < 1.29 is 14.6 Å². The van der Waals surface area contributed by atoms with Crippen molar-refractivity contribution in [2.75, 3.05) is 0 Å². The third-order valence-electron chi connectivity index (χ3n) is 3.45. The summed E-state index contributed by atoms with van der Waals surface area (Å²) in [7, 11) is 0. The molecule has 0 bridgehead atoms. The van der Waals surface area contributed by atoms with E-state index in [1.54, 1.807) is 6.07 Å². The first kappa shape index (κ1) is 12.5. The number of aliphatic carboxylic acids is 1. The van der Waals surface area contributed by atoms with Crippen molar-refractivity contribution in [3.63, 3.8) is 0 Å². The van der Waals surface area contributed by atoms with Crippen LogP contribution in [0.2, 0.25) is 0 Å². The molecule has 0 aromatic heterocycles. The third kappa shape index (κ3) is 2.18. The van der Waals surface area contributed by atoms with Gasteiger partial charge >= 0.3 is 5.97 Å². The summed E-state index contributed by atoms with van der Waals surface area (Å²) in [5.74, 6) is -0.0918. The number of carboxylic acids is 1. The van der Waals surface area contributed by atoms with E-state index >= 15 is 0 Å². The molecule has 20 heavy (non-hydrogen) atoms. The fraction of sp³-hybridized carbons (Fsp3) is 0.118. The van der Waals surface area contributed by atoms with Gasteiger partial charge in [0.05, 0.1) is 6.42 Å². The lowest BCUT2D eigenvalue weighted by Crippen LogP contribution is -2.01. The van der Waals surface area contributed by atoms with Crippen molar-refractivity contribution in [1.29, 1.82) is 0 Å². The van der Waals surface area contributed by atoms with Gasteiger partial charge in [0, 0.05) is 5.56 Å². The number of rotatable bonds is 2. The Morgan fingerprint density at radius 1 is 1.20 bits per heavy atom. The molecule has 1 heterocycles. The van der Waals surface area contributed by atoms with E-state index in [2.05, 4.69) is 6.58 Å². The van der Waals surface area contributed by atoms with Crippen molar-refractivity contribution >= 4 is 11.5 Å². The predicted molar refractivity (Wildman–Crippen MR) is 76.7 cm³/mol. The van der Waals surface area contributed by atoms with Crippen LogP contribution in [0.15, 0.2) is 49.0 Å². The lowest BCUT2D eigenvalue weighted by atomic mass is 9.94. The molecule has 1 N–H and O–H groups in total. The Morgan fingerprint density at radius 2 is 2.00 bits per heavy atom. The maximum absolute atomic E-state index is 10.8. The molecule has 0 atom stereocenters. The maximum atomic E-state index is 10.8. The highest BCUT2D eigenvalue weighted by Crippen LogP contribution is 2.36. The summed E-state index contributed by atoms with van der Waals surface area (Å²) in [6.45, 7) is 4.65. The van der Waals surface area contributed by atoms with Gasteiger partial charge < -0.3 is 9.84 Å². The van der Waals surface area contributed by atoms with Crippen molar-refractivity contribution in [3.8, 4) is 5.75 Å². The second-order valence-corrected chi connectivity index (χ2v) is 4.83. The first-order chi connectivity index (χ1) is 9.65. The van der Waals surface area contributed by atoms with E-state index in [1.165, 1.54) is 0 Å². The summed E-state index contributed by atoms with van der Waals surface area (Å²) >= 11 is 0. The van der Waals surface area contributed by atoms with E-state index < -0.39 is 5.97 Å². The van der Waals surface area contributed by atoms with E-state index in [9.17, 15) is 4.79 Å². The van der Waals surface area contributed by atoms with E-state index in [4.69, 9.17) is 9.84 Å². The zero-order valence-electron chi connectivity index (χ0n) is 10.9. The third-order valence-corrected chi connectivity index (χ3v) is 3.45. The van der Waals surface area contributed by atoms with Gasteiger partial charge in [-0.1, -0.05) is 36.9 Å². The van der Waals surface area contributed by atoms with Gasteiger partial charge in [-0.15, -0.1) is 0 Å². The molecule has 0 radical (unpaired) electrons. The first-order valence-corrected chi connectivity index (χ1v) is 6.40. The number of fused-ring (bicyclic) bond motifs is 2. The normalized spacial score (nSPS) is 12.9. The van der Waals surface area contributed by atoms with Crippen LogP contribution in [-0.2, 0) is 17.8 Å². The van der Waals surface area contributed by atoms with Crippen LogP contribution in [0.4, 0.5) is 0 Å². The molecule has 1 aliphatic heterocycles. The summed E-state index contributed by atoms with van der Waals surface area (Å²) in [5, 5.41) is 8.90. The Bertz CT molecular complexity index is 701. The molecule has 3 rings (SSSR count). The molecule has 100 valence electrons. The lowest BCUT2D eigenvalue weighted by molar-refractivity contribution is -0.136. The van der Waals surface area contributed by atoms with Crippen LogP contribution in [0.1, 0.15) is 22.3 Å². The highest BCUT2D eigenvalue weighted by molar-refractivity contribution is 5.84. The SMILES string of the molecule is C=C1c2ccccc2COc2ccc(CC(=O)O)cc21. The minimum Gasteiger partial charge on any atom is -0.488 e. The fourth-order valence-electron chi connectivity index (χ4n) is 2.46. The minimum absolute atomic E-state index is 0.00219. The van der Waals surface area contributed by atoms with Crippen LogP contribution in [0.5, 0.6) is 5.75 Å². The largest absolute Gasteiger partial charge is 0.488 e. The predicted octanol–water partition coefficient (Wildman–Crippen LogP) is 3.27. The van der Waals surface area contributed by atoms with Gasteiger partial charge in [-0.05, 0) is 34.4 Å². The Labute approximate surface area is 117 Å². The number of carbonyl (C=O) groups is 1. The molecular formula is C17H14O3. The molecule has 2 aromatic carbocycles. The lowest BCUT2D eigenvalue weighted by Gasteiger charge is -2.10.